The molecule has 1 aromatic rings. The molecule has 3 N–H and O–H groups in total. The van der Waals surface area contributed by atoms with Crippen LogP contribution in [0.5, 0.6) is 0 Å². The van der Waals surface area contributed by atoms with Crippen molar-refractivity contribution in [3.8, 4) is 0 Å². The first-order valence-electron chi connectivity index (χ1n) is 5.77. The number of nitro benzene ring substituents is 1. The van der Waals surface area contributed by atoms with Crippen molar-refractivity contribution in [1.29, 1.82) is 0 Å². The Morgan fingerprint density at radius 2 is 2.22 bits per heavy atom. The molecule has 0 spiro atoms. The van der Waals surface area contributed by atoms with Crippen LogP contribution in [0.1, 0.15) is 25.3 Å². The van der Waals surface area contributed by atoms with Gasteiger partial charge < -0.3 is 11.1 Å². The molecule has 98 valence electrons. The first-order chi connectivity index (χ1) is 8.45. The van der Waals surface area contributed by atoms with E-state index >= 15 is 0 Å². The van der Waals surface area contributed by atoms with Crippen LogP contribution in [0.2, 0.25) is 0 Å². The normalized spacial score (nSPS) is 11.9. The topological polar surface area (TPSA) is 98.3 Å². The van der Waals surface area contributed by atoms with Crippen LogP contribution >= 0.6 is 0 Å². The van der Waals surface area contributed by atoms with Gasteiger partial charge in [-0.3, -0.25) is 14.9 Å². The number of anilines is 1. The highest BCUT2D eigenvalue weighted by Gasteiger charge is 2.14. The van der Waals surface area contributed by atoms with E-state index in [4.69, 9.17) is 5.73 Å². The second kappa shape index (κ2) is 6.11. The fourth-order valence-corrected chi connectivity index (χ4v) is 1.62. The van der Waals surface area contributed by atoms with E-state index in [2.05, 4.69) is 5.32 Å². The molecule has 0 radical (unpaired) electrons. The van der Waals surface area contributed by atoms with Crippen molar-refractivity contribution in [2.24, 2.45) is 5.73 Å². The quantitative estimate of drug-likeness (QED) is 0.617. The maximum absolute atomic E-state index is 11.7. The van der Waals surface area contributed by atoms with Gasteiger partial charge in [0.1, 0.15) is 0 Å². The third-order valence-electron chi connectivity index (χ3n) is 2.60. The van der Waals surface area contributed by atoms with Gasteiger partial charge in [-0.15, -0.1) is 0 Å². The van der Waals surface area contributed by atoms with Gasteiger partial charge >= 0.3 is 0 Å². The monoisotopic (exact) mass is 251 g/mol. The van der Waals surface area contributed by atoms with Gasteiger partial charge in [-0.1, -0.05) is 13.3 Å². The summed E-state index contributed by atoms with van der Waals surface area (Å²) in [5.74, 6) is -0.273. The molecule has 1 atom stereocenters. The van der Waals surface area contributed by atoms with Gasteiger partial charge in [0.05, 0.1) is 11.0 Å². The van der Waals surface area contributed by atoms with E-state index in [-0.39, 0.29) is 11.6 Å². The summed E-state index contributed by atoms with van der Waals surface area (Å²) >= 11 is 0. The minimum absolute atomic E-state index is 0.0332. The minimum atomic E-state index is -0.550. The molecule has 0 bridgehead atoms. The number of nitrogens with two attached hydrogens (primary N) is 1. The third kappa shape index (κ3) is 3.53. The number of carbonyl (C=O) groups excluding carboxylic acids is 1. The van der Waals surface area contributed by atoms with E-state index in [9.17, 15) is 14.9 Å². The maximum Gasteiger partial charge on any atom is 0.272 e. The summed E-state index contributed by atoms with van der Waals surface area (Å²) < 4.78 is 0. The molecule has 1 unspecified atom stereocenters. The number of nitrogens with zero attached hydrogens (tertiary/aromatic N) is 1. The van der Waals surface area contributed by atoms with Crippen molar-refractivity contribution >= 4 is 17.3 Å². The first kappa shape index (κ1) is 14.1. The Bertz CT molecular complexity index is 460. The zero-order valence-electron chi connectivity index (χ0n) is 10.5. The van der Waals surface area contributed by atoms with Crippen molar-refractivity contribution in [2.45, 2.75) is 32.7 Å². The second-order valence-electron chi connectivity index (χ2n) is 4.14. The fourth-order valence-electron chi connectivity index (χ4n) is 1.62. The van der Waals surface area contributed by atoms with E-state index in [1.54, 1.807) is 13.0 Å². The smallest absolute Gasteiger partial charge is 0.272 e. The molecule has 6 nitrogen and oxygen atoms in total. The zero-order chi connectivity index (χ0) is 13.7. The van der Waals surface area contributed by atoms with Gasteiger partial charge in [-0.25, -0.2) is 0 Å². The summed E-state index contributed by atoms with van der Waals surface area (Å²) in [5, 5.41) is 13.3. The number of amides is 1. The first-order valence-corrected chi connectivity index (χ1v) is 5.77. The highest BCUT2D eigenvalue weighted by molar-refractivity contribution is 5.94. The van der Waals surface area contributed by atoms with E-state index in [0.29, 0.717) is 17.7 Å². The number of aryl methyl sites for hydroxylation is 1. The Morgan fingerprint density at radius 3 is 2.72 bits per heavy atom. The van der Waals surface area contributed by atoms with E-state index in [0.717, 1.165) is 6.42 Å². The van der Waals surface area contributed by atoms with Crippen molar-refractivity contribution in [1.82, 2.24) is 0 Å². The standard InChI is InChI=1S/C12H17N3O3/c1-3-4-10(13)12(16)14-9-5-6-11(15(17)18)8(2)7-9/h5-7,10H,3-4,13H2,1-2H3,(H,14,16). The molecule has 0 aliphatic carbocycles. The van der Waals surface area contributed by atoms with Crippen LogP contribution in [0, 0.1) is 17.0 Å². The summed E-state index contributed by atoms with van der Waals surface area (Å²) in [4.78, 5) is 21.9. The maximum atomic E-state index is 11.7. The van der Waals surface area contributed by atoms with Crippen LogP contribution in [0.25, 0.3) is 0 Å². The Hall–Kier alpha value is -1.95. The van der Waals surface area contributed by atoms with Crippen LogP contribution in [0.15, 0.2) is 18.2 Å². The van der Waals surface area contributed by atoms with Crippen LogP contribution in [-0.2, 0) is 4.79 Å². The zero-order valence-corrected chi connectivity index (χ0v) is 10.5. The van der Waals surface area contributed by atoms with Crippen LogP contribution in [0.3, 0.4) is 0 Å². The minimum Gasteiger partial charge on any atom is -0.325 e. The lowest BCUT2D eigenvalue weighted by molar-refractivity contribution is -0.385. The molecule has 1 aromatic carbocycles. The molecule has 0 aromatic heterocycles. The average molecular weight is 251 g/mol. The van der Waals surface area contributed by atoms with Gasteiger partial charge in [0.25, 0.3) is 5.69 Å². The molecule has 0 aliphatic heterocycles. The Morgan fingerprint density at radius 1 is 1.56 bits per heavy atom. The lowest BCUT2D eigenvalue weighted by Crippen LogP contribution is -2.35. The van der Waals surface area contributed by atoms with E-state index in [1.807, 2.05) is 6.92 Å². The number of rotatable bonds is 5. The van der Waals surface area contributed by atoms with Crippen molar-refractivity contribution in [2.75, 3.05) is 5.32 Å². The van der Waals surface area contributed by atoms with Gasteiger partial charge in [0.15, 0.2) is 0 Å². The largest absolute Gasteiger partial charge is 0.325 e. The molecule has 1 amide bonds. The van der Waals surface area contributed by atoms with Gasteiger partial charge in [0.2, 0.25) is 5.91 Å². The molecule has 1 rings (SSSR count). The molecule has 0 fully saturated rings. The lowest BCUT2D eigenvalue weighted by Gasteiger charge is -2.11. The Labute approximate surface area is 105 Å². The Kier molecular flexibility index (Phi) is 4.79. The Balaban J connectivity index is 2.77. The van der Waals surface area contributed by atoms with Crippen LogP contribution in [0.4, 0.5) is 11.4 Å². The molecule has 6 heteroatoms. The van der Waals surface area contributed by atoms with Gasteiger partial charge in [-0.2, -0.15) is 0 Å². The summed E-state index contributed by atoms with van der Waals surface area (Å²) in [6.07, 6.45) is 1.44. The summed E-state index contributed by atoms with van der Waals surface area (Å²) in [6.45, 7) is 3.57. The predicted octanol–water partition coefficient (Wildman–Crippen LogP) is 1.97. The molecule has 18 heavy (non-hydrogen) atoms. The highest BCUT2D eigenvalue weighted by Crippen LogP contribution is 2.21. The van der Waals surface area contributed by atoms with Crippen LogP contribution < -0.4 is 11.1 Å². The van der Waals surface area contributed by atoms with Crippen molar-refractivity contribution in [3.63, 3.8) is 0 Å². The average Bonchev–Trinajstić information content (AvgIpc) is 2.28. The summed E-state index contributed by atoms with van der Waals surface area (Å²) in [6, 6.07) is 3.89. The van der Waals surface area contributed by atoms with Crippen molar-refractivity contribution in [3.05, 3.63) is 33.9 Å². The SMILES string of the molecule is CCCC(N)C(=O)Nc1ccc([N+](=O)[O-])c(C)c1. The highest BCUT2D eigenvalue weighted by atomic mass is 16.6. The molecule has 0 saturated carbocycles. The number of nitro groups is 1. The number of carbonyl (C=O) groups is 1. The van der Waals surface area contributed by atoms with E-state index < -0.39 is 11.0 Å². The molecule has 0 heterocycles. The summed E-state index contributed by atoms with van der Waals surface area (Å²) in [7, 11) is 0. The molecular weight excluding hydrogens is 234 g/mol. The molecular formula is C12H17N3O3. The second-order valence-corrected chi connectivity index (χ2v) is 4.14. The number of hydrogen-bond donors (Lipinski definition) is 2. The third-order valence-corrected chi connectivity index (χ3v) is 2.60. The number of benzene rings is 1. The summed E-state index contributed by atoms with van der Waals surface area (Å²) in [5.41, 5.74) is 6.73. The van der Waals surface area contributed by atoms with Crippen LogP contribution in [-0.4, -0.2) is 16.9 Å². The molecule has 0 saturated heterocycles. The number of hydrogen-bond acceptors (Lipinski definition) is 4. The predicted molar refractivity (Wildman–Crippen MR) is 69.3 cm³/mol. The van der Waals surface area contributed by atoms with Gasteiger partial charge in [-0.05, 0) is 25.5 Å². The van der Waals surface area contributed by atoms with Gasteiger partial charge in [0, 0.05) is 17.3 Å². The fraction of sp³-hybridized carbons (Fsp3) is 0.417. The lowest BCUT2D eigenvalue weighted by atomic mass is 10.1. The van der Waals surface area contributed by atoms with E-state index in [1.165, 1.54) is 12.1 Å². The van der Waals surface area contributed by atoms with Crippen molar-refractivity contribution < 1.29 is 9.72 Å². The number of nitrogens with one attached hydrogen (secondary N) is 1. The molecule has 0 aliphatic rings.